The first-order chi connectivity index (χ1) is 10.2. The Hall–Kier alpha value is -1.17. The minimum Gasteiger partial charge on any atom is -0.492 e. The van der Waals surface area contributed by atoms with Crippen LogP contribution in [0.5, 0.6) is 5.75 Å². The summed E-state index contributed by atoms with van der Waals surface area (Å²) in [5, 5.41) is 0. The topological polar surface area (TPSA) is 47.7 Å². The van der Waals surface area contributed by atoms with E-state index in [1.807, 2.05) is 24.3 Å². The molecular weight excluding hydrogens is 284 g/mol. The highest BCUT2D eigenvalue weighted by atomic mass is 32.1. The van der Waals surface area contributed by atoms with E-state index >= 15 is 0 Å². The number of likely N-dealkylation sites (N-methyl/N-ethyl adjacent to an activating group) is 1. The minimum atomic E-state index is 0.392. The Bertz CT molecular complexity index is 461. The van der Waals surface area contributed by atoms with Crippen LogP contribution in [-0.2, 0) is 4.74 Å². The first kappa shape index (κ1) is 16.2. The SMILES string of the molecule is CCN(CCOc1cccc(C(N)=S)c1)CC1CCCO1. The van der Waals surface area contributed by atoms with Gasteiger partial charge in [-0.1, -0.05) is 31.3 Å². The molecule has 4 nitrogen and oxygen atoms in total. The lowest BCUT2D eigenvalue weighted by Crippen LogP contribution is -2.35. The zero-order valence-electron chi connectivity index (χ0n) is 12.6. The van der Waals surface area contributed by atoms with Crippen molar-refractivity contribution in [2.24, 2.45) is 5.73 Å². The standard InChI is InChI=1S/C16H24N2O2S/c1-2-18(12-15-7-4-9-19-15)8-10-20-14-6-3-5-13(11-14)16(17)21/h3,5-6,11,15H,2,4,7-10,12H2,1H3,(H2,17,21). The average molecular weight is 308 g/mol. The maximum atomic E-state index is 5.80. The highest BCUT2D eigenvalue weighted by molar-refractivity contribution is 7.80. The van der Waals surface area contributed by atoms with E-state index in [-0.39, 0.29) is 0 Å². The summed E-state index contributed by atoms with van der Waals surface area (Å²) < 4.78 is 11.5. The fourth-order valence-corrected chi connectivity index (χ4v) is 2.61. The summed E-state index contributed by atoms with van der Waals surface area (Å²) in [6, 6.07) is 7.62. The highest BCUT2D eigenvalue weighted by Crippen LogP contribution is 2.15. The molecule has 0 radical (unpaired) electrons. The van der Waals surface area contributed by atoms with Crippen LogP contribution in [0.1, 0.15) is 25.3 Å². The van der Waals surface area contributed by atoms with Crippen LogP contribution in [0.15, 0.2) is 24.3 Å². The Morgan fingerprint density at radius 3 is 3.05 bits per heavy atom. The van der Waals surface area contributed by atoms with Crippen molar-refractivity contribution in [1.29, 1.82) is 0 Å². The van der Waals surface area contributed by atoms with Gasteiger partial charge in [0.2, 0.25) is 0 Å². The lowest BCUT2D eigenvalue weighted by molar-refractivity contribution is 0.0701. The van der Waals surface area contributed by atoms with Gasteiger partial charge in [0, 0.05) is 25.3 Å². The van der Waals surface area contributed by atoms with Crippen molar-refractivity contribution in [3.8, 4) is 5.75 Å². The molecule has 0 saturated carbocycles. The second kappa shape index (κ2) is 8.32. The van der Waals surface area contributed by atoms with Gasteiger partial charge in [-0.2, -0.15) is 0 Å². The molecule has 1 aromatic carbocycles. The number of hydrogen-bond acceptors (Lipinski definition) is 4. The predicted octanol–water partition coefficient (Wildman–Crippen LogP) is 2.20. The fourth-order valence-electron chi connectivity index (χ4n) is 2.49. The van der Waals surface area contributed by atoms with Crippen molar-refractivity contribution >= 4 is 17.2 Å². The van der Waals surface area contributed by atoms with Crippen molar-refractivity contribution < 1.29 is 9.47 Å². The molecule has 5 heteroatoms. The molecular formula is C16H24N2O2S. The maximum absolute atomic E-state index is 5.80. The lowest BCUT2D eigenvalue weighted by atomic mass is 10.2. The third-order valence-corrected chi connectivity index (χ3v) is 3.96. The van der Waals surface area contributed by atoms with E-state index < -0.39 is 0 Å². The summed E-state index contributed by atoms with van der Waals surface area (Å²) in [6.45, 7) is 6.63. The van der Waals surface area contributed by atoms with Crippen LogP contribution in [0.2, 0.25) is 0 Å². The van der Waals surface area contributed by atoms with Gasteiger partial charge in [0.05, 0.1) is 6.10 Å². The summed E-state index contributed by atoms with van der Waals surface area (Å²) in [5.74, 6) is 0.813. The highest BCUT2D eigenvalue weighted by Gasteiger charge is 2.18. The zero-order valence-corrected chi connectivity index (χ0v) is 13.4. The molecule has 116 valence electrons. The Labute approximate surface area is 132 Å². The maximum Gasteiger partial charge on any atom is 0.120 e. The second-order valence-corrected chi connectivity index (χ2v) is 5.71. The largest absolute Gasteiger partial charge is 0.492 e. The van der Waals surface area contributed by atoms with E-state index in [9.17, 15) is 0 Å². The summed E-state index contributed by atoms with van der Waals surface area (Å²) in [6.07, 6.45) is 2.75. The van der Waals surface area contributed by atoms with Crippen molar-refractivity contribution in [3.05, 3.63) is 29.8 Å². The zero-order chi connectivity index (χ0) is 15.1. The molecule has 2 rings (SSSR count). The van der Waals surface area contributed by atoms with Gasteiger partial charge in [0.1, 0.15) is 17.3 Å². The molecule has 1 atom stereocenters. The lowest BCUT2D eigenvalue weighted by Gasteiger charge is -2.23. The van der Waals surface area contributed by atoms with Crippen molar-refractivity contribution in [1.82, 2.24) is 4.90 Å². The first-order valence-corrected chi connectivity index (χ1v) is 7.96. The van der Waals surface area contributed by atoms with Crippen LogP contribution in [0, 0.1) is 0 Å². The molecule has 0 bridgehead atoms. The first-order valence-electron chi connectivity index (χ1n) is 7.55. The summed E-state index contributed by atoms with van der Waals surface area (Å²) in [5.41, 5.74) is 6.47. The molecule has 1 aliphatic heterocycles. The van der Waals surface area contributed by atoms with Gasteiger partial charge < -0.3 is 15.2 Å². The van der Waals surface area contributed by atoms with Crippen LogP contribution < -0.4 is 10.5 Å². The van der Waals surface area contributed by atoms with Crippen molar-refractivity contribution in [3.63, 3.8) is 0 Å². The van der Waals surface area contributed by atoms with Gasteiger partial charge in [-0.15, -0.1) is 0 Å². The molecule has 0 amide bonds. The molecule has 0 aromatic heterocycles. The van der Waals surface area contributed by atoms with Crippen LogP contribution in [0.3, 0.4) is 0 Å². The fraction of sp³-hybridized carbons (Fsp3) is 0.562. The van der Waals surface area contributed by atoms with E-state index in [1.165, 1.54) is 12.8 Å². The van der Waals surface area contributed by atoms with E-state index in [0.717, 1.165) is 37.6 Å². The number of benzene rings is 1. The predicted molar refractivity (Wildman–Crippen MR) is 88.9 cm³/mol. The smallest absolute Gasteiger partial charge is 0.120 e. The van der Waals surface area contributed by atoms with Crippen molar-refractivity contribution in [2.45, 2.75) is 25.9 Å². The normalized spacial score (nSPS) is 18.1. The number of nitrogens with zero attached hydrogens (tertiary/aromatic N) is 1. The number of nitrogens with two attached hydrogens (primary N) is 1. The molecule has 0 spiro atoms. The van der Waals surface area contributed by atoms with Crippen LogP contribution in [-0.4, -0.2) is 48.8 Å². The Morgan fingerprint density at radius 1 is 1.52 bits per heavy atom. The van der Waals surface area contributed by atoms with E-state index in [0.29, 0.717) is 17.7 Å². The molecule has 1 heterocycles. The monoisotopic (exact) mass is 308 g/mol. The minimum absolute atomic E-state index is 0.392. The van der Waals surface area contributed by atoms with Gasteiger partial charge in [0.25, 0.3) is 0 Å². The third kappa shape index (κ3) is 5.26. The van der Waals surface area contributed by atoms with Gasteiger partial charge >= 0.3 is 0 Å². The molecule has 1 aromatic rings. The Balaban J connectivity index is 1.76. The van der Waals surface area contributed by atoms with E-state index in [4.69, 9.17) is 27.4 Å². The quantitative estimate of drug-likeness (QED) is 0.746. The Morgan fingerprint density at radius 2 is 2.38 bits per heavy atom. The molecule has 21 heavy (non-hydrogen) atoms. The summed E-state index contributed by atoms with van der Waals surface area (Å²) in [7, 11) is 0. The molecule has 0 aliphatic carbocycles. The second-order valence-electron chi connectivity index (χ2n) is 5.27. The number of thiocarbonyl (C=S) groups is 1. The van der Waals surface area contributed by atoms with Crippen molar-refractivity contribution in [2.75, 3.05) is 32.8 Å². The molecule has 1 aliphatic rings. The van der Waals surface area contributed by atoms with Crippen LogP contribution in [0.4, 0.5) is 0 Å². The van der Waals surface area contributed by atoms with Crippen LogP contribution in [0.25, 0.3) is 0 Å². The molecule has 1 unspecified atom stereocenters. The molecule has 2 N–H and O–H groups in total. The number of ether oxygens (including phenoxy) is 2. The summed E-state index contributed by atoms with van der Waals surface area (Å²) >= 11 is 4.97. The summed E-state index contributed by atoms with van der Waals surface area (Å²) in [4.78, 5) is 2.77. The Kier molecular flexibility index (Phi) is 6.42. The molecule has 1 fully saturated rings. The van der Waals surface area contributed by atoms with Gasteiger partial charge in [0.15, 0.2) is 0 Å². The average Bonchev–Trinajstić information content (AvgIpc) is 2.99. The number of hydrogen-bond donors (Lipinski definition) is 1. The third-order valence-electron chi connectivity index (χ3n) is 3.73. The van der Waals surface area contributed by atoms with Crippen LogP contribution >= 0.6 is 12.2 Å². The van der Waals surface area contributed by atoms with E-state index in [1.54, 1.807) is 0 Å². The van der Waals surface area contributed by atoms with Gasteiger partial charge in [-0.25, -0.2) is 0 Å². The molecule has 1 saturated heterocycles. The number of rotatable bonds is 8. The van der Waals surface area contributed by atoms with E-state index in [2.05, 4.69) is 11.8 Å². The van der Waals surface area contributed by atoms with Gasteiger partial charge in [-0.3, -0.25) is 4.90 Å². The van der Waals surface area contributed by atoms with Gasteiger partial charge in [-0.05, 0) is 31.5 Å².